The second-order valence-electron chi connectivity index (χ2n) is 4.87. The second-order valence-corrected chi connectivity index (χ2v) is 4.87. The minimum absolute atomic E-state index is 0.0831. The number of nitrogens with zero attached hydrogens (tertiary/aromatic N) is 2. The fraction of sp³-hybridized carbons (Fsp3) is 0.385. The van der Waals surface area contributed by atoms with Crippen molar-refractivity contribution in [2.75, 3.05) is 13.3 Å². The molecule has 0 spiro atoms. The number of aromatic nitrogens is 2. The summed E-state index contributed by atoms with van der Waals surface area (Å²) in [7, 11) is 0. The smallest absolute Gasteiger partial charge is 0.244 e. The Morgan fingerprint density at radius 2 is 2.15 bits per heavy atom. The lowest BCUT2D eigenvalue weighted by Gasteiger charge is -2.01. The summed E-state index contributed by atoms with van der Waals surface area (Å²) in [6.07, 6.45) is 0.226. The van der Waals surface area contributed by atoms with E-state index < -0.39 is 0 Å². The fourth-order valence-electron chi connectivity index (χ4n) is 2.43. The molecular weight excluding hydrogens is 262 g/mol. The van der Waals surface area contributed by atoms with Crippen molar-refractivity contribution >= 4 is 0 Å². The fourth-order valence-corrected chi connectivity index (χ4v) is 2.43. The maximum absolute atomic E-state index is 9.51. The van der Waals surface area contributed by atoms with Gasteiger partial charge in [0.25, 0.3) is 0 Å². The number of β-amino-alcohol motifs (C(OH)–C–C–N with tert-alkyl or cyclic N) is 1. The van der Waals surface area contributed by atoms with Gasteiger partial charge < -0.3 is 24.4 Å². The van der Waals surface area contributed by atoms with Gasteiger partial charge in [-0.05, 0) is 24.6 Å². The maximum Gasteiger partial charge on any atom is 0.244 e. The molecule has 2 atom stereocenters. The summed E-state index contributed by atoms with van der Waals surface area (Å²) in [4.78, 5) is 4.37. The van der Waals surface area contributed by atoms with Crippen molar-refractivity contribution in [1.29, 1.82) is 0 Å². The number of rotatable bonds is 2. The lowest BCUT2D eigenvalue weighted by molar-refractivity contribution is 0.174. The van der Waals surface area contributed by atoms with Crippen molar-refractivity contribution in [2.24, 2.45) is 0 Å². The maximum atomic E-state index is 9.51. The molecule has 4 rings (SSSR count). The first-order valence-corrected chi connectivity index (χ1v) is 6.44. The van der Waals surface area contributed by atoms with Crippen LogP contribution in [0.2, 0.25) is 0 Å². The molecule has 2 aliphatic heterocycles. The van der Waals surface area contributed by atoms with E-state index in [2.05, 4.69) is 15.5 Å². The Kier molecular flexibility index (Phi) is 2.61. The molecule has 0 bridgehead atoms. The molecule has 7 heteroatoms. The molecule has 1 fully saturated rings. The van der Waals surface area contributed by atoms with Gasteiger partial charge in [0.2, 0.25) is 18.5 Å². The van der Waals surface area contributed by atoms with E-state index in [4.69, 9.17) is 14.0 Å². The van der Waals surface area contributed by atoms with Crippen LogP contribution in [-0.4, -0.2) is 34.7 Å². The van der Waals surface area contributed by atoms with Gasteiger partial charge in [0.05, 0.1) is 12.1 Å². The SMILES string of the molecule is O[C@H]1CN[C@H](c2nc(-c3ccc4c(c3)OCO4)no2)C1. The number of benzene rings is 1. The van der Waals surface area contributed by atoms with Crippen molar-refractivity contribution in [2.45, 2.75) is 18.6 Å². The Bertz CT molecular complexity index is 642. The van der Waals surface area contributed by atoms with Gasteiger partial charge in [0.1, 0.15) is 0 Å². The molecule has 1 aromatic carbocycles. The standard InChI is InChI=1S/C13H13N3O4/c17-8-4-9(14-5-8)13-15-12(16-20-13)7-1-2-10-11(3-7)19-6-18-10/h1-3,8-9,14,17H,4-6H2/t8-,9+/m1/s1. The van der Waals surface area contributed by atoms with E-state index in [1.807, 2.05) is 18.2 Å². The van der Waals surface area contributed by atoms with Gasteiger partial charge in [0, 0.05) is 12.1 Å². The summed E-state index contributed by atoms with van der Waals surface area (Å²) in [5, 5.41) is 16.6. The van der Waals surface area contributed by atoms with Crippen LogP contribution >= 0.6 is 0 Å². The van der Waals surface area contributed by atoms with E-state index in [0.29, 0.717) is 30.4 Å². The molecule has 0 aliphatic carbocycles. The van der Waals surface area contributed by atoms with Crippen molar-refractivity contribution in [1.82, 2.24) is 15.5 Å². The number of hydrogen-bond donors (Lipinski definition) is 2. The zero-order valence-corrected chi connectivity index (χ0v) is 10.6. The van der Waals surface area contributed by atoms with Crippen molar-refractivity contribution in [3.8, 4) is 22.9 Å². The minimum atomic E-state index is -0.360. The van der Waals surface area contributed by atoms with Crippen LogP contribution in [0, 0.1) is 0 Å². The number of fused-ring (bicyclic) bond motifs is 1. The summed E-state index contributed by atoms with van der Waals surface area (Å²) >= 11 is 0. The monoisotopic (exact) mass is 275 g/mol. The number of aliphatic hydroxyl groups is 1. The van der Waals surface area contributed by atoms with Crippen LogP contribution < -0.4 is 14.8 Å². The molecule has 2 aromatic rings. The molecule has 3 heterocycles. The summed E-state index contributed by atoms with van der Waals surface area (Å²) in [5.41, 5.74) is 0.808. The molecule has 2 N–H and O–H groups in total. The zero-order valence-electron chi connectivity index (χ0n) is 10.6. The molecule has 0 amide bonds. The van der Waals surface area contributed by atoms with Gasteiger partial charge in [-0.3, -0.25) is 0 Å². The van der Waals surface area contributed by atoms with Crippen LogP contribution in [0.4, 0.5) is 0 Å². The van der Waals surface area contributed by atoms with Crippen LogP contribution in [0.15, 0.2) is 22.7 Å². The Morgan fingerprint density at radius 1 is 1.25 bits per heavy atom. The lowest BCUT2D eigenvalue weighted by Crippen LogP contribution is -2.15. The van der Waals surface area contributed by atoms with E-state index in [1.165, 1.54) is 0 Å². The first-order valence-electron chi connectivity index (χ1n) is 6.44. The average Bonchev–Trinajstić information content (AvgIpc) is 3.17. The summed E-state index contributed by atoms with van der Waals surface area (Å²) in [6, 6.07) is 5.43. The zero-order chi connectivity index (χ0) is 13.5. The van der Waals surface area contributed by atoms with Gasteiger partial charge in [0.15, 0.2) is 11.5 Å². The van der Waals surface area contributed by atoms with Gasteiger partial charge in [-0.1, -0.05) is 5.16 Å². The molecular formula is C13H13N3O4. The van der Waals surface area contributed by atoms with Crippen molar-refractivity contribution in [3.05, 3.63) is 24.1 Å². The summed E-state index contributed by atoms with van der Waals surface area (Å²) < 4.78 is 15.9. The van der Waals surface area contributed by atoms with Crippen LogP contribution in [0.3, 0.4) is 0 Å². The third kappa shape index (κ3) is 1.91. The van der Waals surface area contributed by atoms with E-state index in [0.717, 1.165) is 11.3 Å². The molecule has 0 saturated carbocycles. The third-order valence-corrected chi connectivity index (χ3v) is 3.48. The van der Waals surface area contributed by atoms with Crippen LogP contribution in [0.1, 0.15) is 18.4 Å². The topological polar surface area (TPSA) is 89.6 Å². The predicted octanol–water partition coefficient (Wildman–Crippen LogP) is 0.861. The largest absolute Gasteiger partial charge is 0.454 e. The van der Waals surface area contributed by atoms with E-state index in [1.54, 1.807) is 0 Å². The van der Waals surface area contributed by atoms with Crippen LogP contribution in [0.5, 0.6) is 11.5 Å². The van der Waals surface area contributed by atoms with Gasteiger partial charge in [-0.2, -0.15) is 4.98 Å². The summed E-state index contributed by atoms with van der Waals surface area (Å²) in [6.45, 7) is 0.784. The van der Waals surface area contributed by atoms with Gasteiger partial charge >= 0.3 is 0 Å². The number of aliphatic hydroxyl groups excluding tert-OH is 1. The van der Waals surface area contributed by atoms with E-state index in [9.17, 15) is 5.11 Å². The second kappa shape index (κ2) is 4.46. The predicted molar refractivity (Wildman–Crippen MR) is 67.2 cm³/mol. The highest BCUT2D eigenvalue weighted by molar-refractivity contribution is 5.61. The molecule has 20 heavy (non-hydrogen) atoms. The first kappa shape index (κ1) is 11.7. The highest BCUT2D eigenvalue weighted by atomic mass is 16.7. The Hall–Kier alpha value is -2.12. The molecule has 0 radical (unpaired) electrons. The third-order valence-electron chi connectivity index (χ3n) is 3.48. The normalized spacial score (nSPS) is 24.2. The average molecular weight is 275 g/mol. The van der Waals surface area contributed by atoms with Gasteiger partial charge in [-0.15, -0.1) is 0 Å². The number of nitrogens with one attached hydrogen (secondary N) is 1. The molecule has 2 aliphatic rings. The van der Waals surface area contributed by atoms with Crippen LogP contribution in [0.25, 0.3) is 11.4 Å². The number of ether oxygens (including phenoxy) is 2. The molecule has 104 valence electrons. The van der Waals surface area contributed by atoms with Crippen molar-refractivity contribution < 1.29 is 19.1 Å². The Labute approximate surface area is 114 Å². The van der Waals surface area contributed by atoms with Gasteiger partial charge in [-0.25, -0.2) is 0 Å². The lowest BCUT2D eigenvalue weighted by atomic mass is 10.2. The molecule has 0 unspecified atom stereocenters. The minimum Gasteiger partial charge on any atom is -0.454 e. The highest BCUT2D eigenvalue weighted by Gasteiger charge is 2.28. The van der Waals surface area contributed by atoms with Crippen LogP contribution in [-0.2, 0) is 0 Å². The van der Waals surface area contributed by atoms with E-state index in [-0.39, 0.29) is 18.9 Å². The quantitative estimate of drug-likeness (QED) is 0.840. The first-order chi connectivity index (χ1) is 9.79. The molecule has 1 saturated heterocycles. The Balaban J connectivity index is 1.61. The highest BCUT2D eigenvalue weighted by Crippen LogP contribution is 2.35. The summed E-state index contributed by atoms with van der Waals surface area (Å²) in [5.74, 6) is 2.40. The molecule has 7 nitrogen and oxygen atoms in total. The molecule has 1 aromatic heterocycles. The Morgan fingerprint density at radius 3 is 3.00 bits per heavy atom. The van der Waals surface area contributed by atoms with Crippen molar-refractivity contribution in [3.63, 3.8) is 0 Å². The number of hydrogen-bond acceptors (Lipinski definition) is 7. The van der Waals surface area contributed by atoms with E-state index >= 15 is 0 Å².